The Bertz CT molecular complexity index is 590. The second-order valence-electron chi connectivity index (χ2n) is 5.46. The van der Waals surface area contributed by atoms with Crippen LogP contribution >= 0.6 is 0 Å². The van der Waals surface area contributed by atoms with Crippen molar-refractivity contribution >= 4 is 0 Å². The monoisotopic (exact) mass is 281 g/mol. The number of hydrogen-bond acceptors (Lipinski definition) is 2. The second-order valence-corrected chi connectivity index (χ2v) is 5.46. The summed E-state index contributed by atoms with van der Waals surface area (Å²) in [6, 6.07) is 17.6. The van der Waals surface area contributed by atoms with Gasteiger partial charge in [0, 0.05) is 23.6 Å². The fourth-order valence-corrected chi connectivity index (χ4v) is 3.30. The number of fused-ring (bicyclic) bond motifs is 1. The van der Waals surface area contributed by atoms with E-state index < -0.39 is 0 Å². The third-order valence-electron chi connectivity index (χ3n) is 4.38. The molecule has 1 aliphatic heterocycles. The number of hydrogen-bond donors (Lipinski definition) is 0. The summed E-state index contributed by atoms with van der Waals surface area (Å²) in [7, 11) is 0. The van der Waals surface area contributed by atoms with Crippen molar-refractivity contribution in [2.45, 2.75) is 26.3 Å². The quantitative estimate of drug-likeness (QED) is 0.817. The molecule has 2 heteroatoms. The number of nitrogens with zero attached hydrogens (tertiary/aromatic N) is 1. The summed E-state index contributed by atoms with van der Waals surface area (Å²) in [5.41, 5.74) is 3.78. The summed E-state index contributed by atoms with van der Waals surface area (Å²) in [6.07, 6.45) is 1.08. The Hall–Kier alpha value is -1.80. The molecule has 3 rings (SSSR count). The molecule has 1 aliphatic rings. The van der Waals surface area contributed by atoms with E-state index >= 15 is 0 Å². The molecule has 0 bridgehead atoms. The van der Waals surface area contributed by atoms with Crippen LogP contribution < -0.4 is 4.74 Å². The van der Waals surface area contributed by atoms with Crippen LogP contribution in [-0.4, -0.2) is 24.6 Å². The minimum atomic E-state index is 0.479. The summed E-state index contributed by atoms with van der Waals surface area (Å²) in [5, 5.41) is 0. The van der Waals surface area contributed by atoms with Crippen LogP contribution in [0.2, 0.25) is 0 Å². The summed E-state index contributed by atoms with van der Waals surface area (Å²) >= 11 is 0. The molecule has 0 aliphatic carbocycles. The van der Waals surface area contributed by atoms with Gasteiger partial charge in [-0.3, -0.25) is 4.90 Å². The van der Waals surface area contributed by atoms with Crippen molar-refractivity contribution in [1.29, 1.82) is 0 Å². The molecule has 2 aromatic rings. The maximum atomic E-state index is 6.05. The molecule has 0 amide bonds. The first-order valence-corrected chi connectivity index (χ1v) is 7.90. The van der Waals surface area contributed by atoms with Gasteiger partial charge in [-0.2, -0.15) is 0 Å². The van der Waals surface area contributed by atoms with Gasteiger partial charge in [0.2, 0.25) is 0 Å². The van der Waals surface area contributed by atoms with Gasteiger partial charge in [-0.15, -0.1) is 0 Å². The smallest absolute Gasteiger partial charge is 0.131 e. The molecule has 1 unspecified atom stereocenters. The first kappa shape index (κ1) is 14.2. The summed E-state index contributed by atoms with van der Waals surface area (Å²) in [6.45, 7) is 7.43. The molecule has 0 radical (unpaired) electrons. The number of ether oxygens (including phenoxy) is 1. The van der Waals surface area contributed by atoms with Gasteiger partial charge in [0.25, 0.3) is 0 Å². The molecular formula is C19H23NO. The molecule has 0 spiro atoms. The van der Waals surface area contributed by atoms with Crippen LogP contribution in [0.3, 0.4) is 0 Å². The summed E-state index contributed by atoms with van der Waals surface area (Å²) in [5.74, 6) is 1.08. The third-order valence-corrected chi connectivity index (χ3v) is 4.38. The maximum absolute atomic E-state index is 6.05. The van der Waals surface area contributed by atoms with Crippen molar-refractivity contribution in [2.75, 3.05) is 19.7 Å². The van der Waals surface area contributed by atoms with Gasteiger partial charge in [0.1, 0.15) is 5.75 Å². The molecule has 2 nitrogen and oxygen atoms in total. The lowest BCUT2D eigenvalue weighted by atomic mass is 9.93. The van der Waals surface area contributed by atoms with Crippen LogP contribution in [0.5, 0.6) is 5.75 Å². The average Bonchev–Trinajstić information content (AvgIpc) is 2.56. The SMILES string of the molecule is CCN(CC)C1CCOc2c(-c3ccccc3)cccc21. The first-order valence-electron chi connectivity index (χ1n) is 7.90. The molecule has 21 heavy (non-hydrogen) atoms. The van der Waals surface area contributed by atoms with Crippen LogP contribution in [0.15, 0.2) is 48.5 Å². The lowest BCUT2D eigenvalue weighted by Crippen LogP contribution is -2.32. The van der Waals surface area contributed by atoms with Crippen molar-refractivity contribution in [3.8, 4) is 16.9 Å². The lowest BCUT2D eigenvalue weighted by Gasteiger charge is -2.35. The fraction of sp³-hybridized carbons (Fsp3) is 0.368. The van der Waals surface area contributed by atoms with Gasteiger partial charge in [-0.25, -0.2) is 0 Å². The lowest BCUT2D eigenvalue weighted by molar-refractivity contribution is 0.152. The van der Waals surface area contributed by atoms with Gasteiger partial charge < -0.3 is 4.74 Å². The number of para-hydroxylation sites is 1. The molecule has 0 fully saturated rings. The van der Waals surface area contributed by atoms with Crippen molar-refractivity contribution < 1.29 is 4.74 Å². The number of rotatable bonds is 4. The van der Waals surface area contributed by atoms with Crippen LogP contribution in [-0.2, 0) is 0 Å². The predicted octanol–water partition coefficient (Wildman–Crippen LogP) is 4.52. The highest BCUT2D eigenvalue weighted by Crippen LogP contribution is 2.42. The van der Waals surface area contributed by atoms with Crippen LogP contribution in [0.4, 0.5) is 0 Å². The Kier molecular flexibility index (Phi) is 4.26. The van der Waals surface area contributed by atoms with E-state index in [1.54, 1.807) is 0 Å². The zero-order valence-corrected chi connectivity index (χ0v) is 12.9. The van der Waals surface area contributed by atoms with Gasteiger partial charge in [-0.05, 0) is 18.7 Å². The maximum Gasteiger partial charge on any atom is 0.131 e. The van der Waals surface area contributed by atoms with E-state index in [1.165, 1.54) is 16.7 Å². The Morgan fingerprint density at radius 3 is 2.48 bits per heavy atom. The largest absolute Gasteiger partial charge is 0.493 e. The normalized spacial score (nSPS) is 17.4. The second kappa shape index (κ2) is 6.31. The topological polar surface area (TPSA) is 12.5 Å². The Labute approximate surface area is 127 Å². The first-order chi connectivity index (χ1) is 10.3. The van der Waals surface area contributed by atoms with E-state index in [2.05, 4.69) is 67.3 Å². The molecular weight excluding hydrogens is 258 g/mol. The van der Waals surface area contributed by atoms with E-state index in [9.17, 15) is 0 Å². The molecule has 110 valence electrons. The van der Waals surface area contributed by atoms with Gasteiger partial charge in [-0.1, -0.05) is 62.4 Å². The van der Waals surface area contributed by atoms with Gasteiger partial charge in [0.05, 0.1) is 6.61 Å². The highest BCUT2D eigenvalue weighted by molar-refractivity contribution is 5.72. The molecule has 0 saturated heterocycles. The molecule has 0 saturated carbocycles. The minimum Gasteiger partial charge on any atom is -0.493 e. The van der Waals surface area contributed by atoms with Crippen LogP contribution in [0.25, 0.3) is 11.1 Å². The highest BCUT2D eigenvalue weighted by atomic mass is 16.5. The number of benzene rings is 2. The molecule has 1 heterocycles. The highest BCUT2D eigenvalue weighted by Gasteiger charge is 2.27. The fourth-order valence-electron chi connectivity index (χ4n) is 3.30. The van der Waals surface area contributed by atoms with Crippen LogP contribution in [0, 0.1) is 0 Å². The van der Waals surface area contributed by atoms with Gasteiger partial charge in [0.15, 0.2) is 0 Å². The van der Waals surface area contributed by atoms with Crippen molar-refractivity contribution in [1.82, 2.24) is 4.90 Å². The zero-order valence-electron chi connectivity index (χ0n) is 12.9. The standard InChI is InChI=1S/C19H23NO/c1-3-20(4-2)18-13-14-21-19-16(11-8-12-17(18)19)15-9-6-5-7-10-15/h5-12,18H,3-4,13-14H2,1-2H3. The zero-order chi connectivity index (χ0) is 14.7. The predicted molar refractivity (Wildman–Crippen MR) is 87.7 cm³/mol. The Balaban J connectivity index is 2.06. The summed E-state index contributed by atoms with van der Waals surface area (Å²) < 4.78 is 6.05. The Morgan fingerprint density at radius 2 is 1.76 bits per heavy atom. The average molecular weight is 281 g/mol. The Morgan fingerprint density at radius 1 is 1.00 bits per heavy atom. The third kappa shape index (κ3) is 2.68. The van der Waals surface area contributed by atoms with E-state index in [0.717, 1.165) is 31.9 Å². The van der Waals surface area contributed by atoms with E-state index in [0.29, 0.717) is 6.04 Å². The van der Waals surface area contributed by atoms with E-state index in [-0.39, 0.29) is 0 Å². The van der Waals surface area contributed by atoms with Crippen molar-refractivity contribution in [2.24, 2.45) is 0 Å². The summed E-state index contributed by atoms with van der Waals surface area (Å²) in [4.78, 5) is 2.52. The van der Waals surface area contributed by atoms with Crippen molar-refractivity contribution in [3.63, 3.8) is 0 Å². The van der Waals surface area contributed by atoms with E-state index in [1.807, 2.05) is 0 Å². The van der Waals surface area contributed by atoms with Gasteiger partial charge >= 0.3 is 0 Å². The molecule has 1 atom stereocenters. The molecule has 2 aromatic carbocycles. The minimum absolute atomic E-state index is 0.479. The van der Waals surface area contributed by atoms with E-state index in [4.69, 9.17) is 4.74 Å². The van der Waals surface area contributed by atoms with Crippen molar-refractivity contribution in [3.05, 3.63) is 54.1 Å². The van der Waals surface area contributed by atoms with Crippen LogP contribution in [0.1, 0.15) is 31.9 Å². The molecule has 0 N–H and O–H groups in total. The molecule has 0 aromatic heterocycles.